The zero-order valence-electron chi connectivity index (χ0n) is 12.4. The Bertz CT molecular complexity index is 562. The fraction of sp³-hybridized carbons (Fsp3) is 0.400. The van der Waals surface area contributed by atoms with Gasteiger partial charge in [-0.1, -0.05) is 26.0 Å². The Hall–Kier alpha value is -2.21. The van der Waals surface area contributed by atoms with Crippen LogP contribution in [0.5, 0.6) is 0 Å². The molecule has 0 saturated carbocycles. The first kappa shape index (κ1) is 15.2. The molecule has 6 heteroatoms. The molecule has 0 radical (unpaired) electrons. The number of amides is 1. The van der Waals surface area contributed by atoms with E-state index in [0.29, 0.717) is 13.1 Å². The number of carbonyl (C=O) groups is 1. The Morgan fingerprint density at radius 3 is 2.57 bits per heavy atom. The van der Waals surface area contributed by atoms with Crippen molar-refractivity contribution in [3.63, 3.8) is 0 Å². The van der Waals surface area contributed by atoms with Gasteiger partial charge in [0.2, 0.25) is 5.91 Å². The number of benzene rings is 1. The molecule has 0 aliphatic heterocycles. The van der Waals surface area contributed by atoms with E-state index in [1.54, 1.807) is 11.0 Å². The second-order valence-corrected chi connectivity index (χ2v) is 5.37. The van der Waals surface area contributed by atoms with Gasteiger partial charge >= 0.3 is 0 Å². The minimum absolute atomic E-state index is 0.0310. The molecule has 0 saturated heterocycles. The molecule has 0 spiro atoms. The topological polar surface area (TPSA) is 85.8 Å². The lowest BCUT2D eigenvalue weighted by atomic mass is 9.95. The predicted octanol–water partition coefficient (Wildman–Crippen LogP) is 1.50. The molecule has 21 heavy (non-hydrogen) atoms. The van der Waals surface area contributed by atoms with E-state index in [2.05, 4.69) is 15.4 Å². The van der Waals surface area contributed by atoms with Gasteiger partial charge < -0.3 is 11.1 Å². The molecule has 0 aliphatic carbocycles. The molecule has 1 aromatic heterocycles. The van der Waals surface area contributed by atoms with E-state index in [0.717, 1.165) is 11.3 Å². The Balaban J connectivity index is 1.97. The van der Waals surface area contributed by atoms with Crippen LogP contribution in [0.15, 0.2) is 36.9 Å². The van der Waals surface area contributed by atoms with Crippen molar-refractivity contribution < 1.29 is 4.79 Å². The number of nitrogens with two attached hydrogens (primary N) is 1. The number of aromatic nitrogens is 3. The first-order chi connectivity index (χ1) is 10.1. The summed E-state index contributed by atoms with van der Waals surface area (Å²) in [5.74, 6) is 0.0259. The van der Waals surface area contributed by atoms with Gasteiger partial charge in [-0.2, -0.15) is 5.10 Å². The zero-order chi connectivity index (χ0) is 15.2. The van der Waals surface area contributed by atoms with Gasteiger partial charge in [0.15, 0.2) is 0 Å². The van der Waals surface area contributed by atoms with Gasteiger partial charge in [-0.3, -0.25) is 4.79 Å². The summed E-state index contributed by atoms with van der Waals surface area (Å²) in [6, 6.07) is 7.70. The van der Waals surface area contributed by atoms with Crippen LogP contribution >= 0.6 is 0 Å². The lowest BCUT2D eigenvalue weighted by Gasteiger charge is -2.18. The highest BCUT2D eigenvalue weighted by atomic mass is 16.1. The van der Waals surface area contributed by atoms with Gasteiger partial charge in [-0.25, -0.2) is 9.67 Å². The normalized spacial score (nSPS) is 12.4. The van der Waals surface area contributed by atoms with E-state index >= 15 is 0 Å². The van der Waals surface area contributed by atoms with Gasteiger partial charge in [-0.05, 0) is 23.6 Å². The summed E-state index contributed by atoms with van der Waals surface area (Å²) in [6.07, 6.45) is 3.18. The minimum atomic E-state index is -0.167. The molecule has 1 aromatic carbocycles. The van der Waals surface area contributed by atoms with Gasteiger partial charge in [0.05, 0.1) is 12.5 Å². The maximum absolute atomic E-state index is 12.1. The van der Waals surface area contributed by atoms with Gasteiger partial charge in [0, 0.05) is 12.2 Å². The first-order valence-corrected chi connectivity index (χ1v) is 7.02. The van der Waals surface area contributed by atoms with Crippen molar-refractivity contribution >= 4 is 11.6 Å². The van der Waals surface area contributed by atoms with Crippen molar-refractivity contribution in [2.45, 2.75) is 20.4 Å². The average Bonchev–Trinajstić information content (AvgIpc) is 2.94. The number of hydrogen-bond acceptors (Lipinski definition) is 4. The lowest BCUT2D eigenvalue weighted by molar-refractivity contribution is -0.120. The third-order valence-electron chi connectivity index (χ3n) is 3.43. The number of nitrogens with zero attached hydrogens (tertiary/aromatic N) is 3. The van der Waals surface area contributed by atoms with E-state index in [1.165, 1.54) is 6.33 Å². The summed E-state index contributed by atoms with van der Waals surface area (Å²) in [6.45, 7) is 5.01. The van der Waals surface area contributed by atoms with Crippen molar-refractivity contribution in [1.82, 2.24) is 14.8 Å². The van der Waals surface area contributed by atoms with Crippen molar-refractivity contribution in [1.29, 1.82) is 0 Å². The van der Waals surface area contributed by atoms with Crippen LogP contribution in [0, 0.1) is 11.8 Å². The summed E-state index contributed by atoms with van der Waals surface area (Å²) in [5, 5.41) is 6.96. The summed E-state index contributed by atoms with van der Waals surface area (Å²) in [7, 11) is 0. The molecule has 0 bridgehead atoms. The molecule has 0 fully saturated rings. The zero-order valence-corrected chi connectivity index (χ0v) is 12.4. The maximum Gasteiger partial charge on any atom is 0.229 e. The Morgan fingerprint density at radius 1 is 1.33 bits per heavy atom. The third kappa shape index (κ3) is 4.13. The highest BCUT2D eigenvalue weighted by molar-refractivity contribution is 5.92. The fourth-order valence-corrected chi connectivity index (χ4v) is 2.11. The smallest absolute Gasteiger partial charge is 0.229 e. The van der Waals surface area contributed by atoms with E-state index < -0.39 is 0 Å². The molecular formula is C15H21N5O. The van der Waals surface area contributed by atoms with Crippen LogP contribution in [0.1, 0.15) is 19.4 Å². The molecule has 2 aromatic rings. The molecule has 1 atom stereocenters. The van der Waals surface area contributed by atoms with Crippen LogP contribution in [-0.4, -0.2) is 27.2 Å². The van der Waals surface area contributed by atoms with Gasteiger partial charge in [0.25, 0.3) is 0 Å². The molecular weight excluding hydrogens is 266 g/mol. The molecule has 1 heterocycles. The van der Waals surface area contributed by atoms with Crippen LogP contribution < -0.4 is 11.1 Å². The van der Waals surface area contributed by atoms with Crippen molar-refractivity contribution in [3.8, 4) is 0 Å². The number of rotatable bonds is 6. The van der Waals surface area contributed by atoms with E-state index in [9.17, 15) is 4.79 Å². The highest BCUT2D eigenvalue weighted by Gasteiger charge is 2.20. The van der Waals surface area contributed by atoms with Crippen molar-refractivity contribution in [3.05, 3.63) is 42.5 Å². The number of carbonyl (C=O) groups excluding carboxylic acids is 1. The number of hydrogen-bond donors (Lipinski definition) is 2. The fourth-order valence-electron chi connectivity index (χ4n) is 2.11. The molecule has 2 rings (SSSR count). The Morgan fingerprint density at radius 2 is 2.05 bits per heavy atom. The molecule has 0 aliphatic rings. The second kappa shape index (κ2) is 6.99. The Labute approximate surface area is 124 Å². The van der Waals surface area contributed by atoms with Crippen LogP contribution in [-0.2, 0) is 11.3 Å². The standard InChI is InChI=1S/C15H21N5O/c1-11(2)14(7-16)15(21)19-13-5-3-12(4-6-13)8-20-10-17-9-18-20/h3-6,9-11,14H,7-8,16H2,1-2H3,(H,19,21). The summed E-state index contributed by atoms with van der Waals surface area (Å²) in [5.41, 5.74) is 7.53. The van der Waals surface area contributed by atoms with Crippen LogP contribution in [0.2, 0.25) is 0 Å². The highest BCUT2D eigenvalue weighted by Crippen LogP contribution is 2.15. The first-order valence-electron chi connectivity index (χ1n) is 7.02. The molecule has 3 N–H and O–H groups in total. The molecule has 1 amide bonds. The molecule has 1 unspecified atom stereocenters. The monoisotopic (exact) mass is 287 g/mol. The minimum Gasteiger partial charge on any atom is -0.330 e. The number of anilines is 1. The van der Waals surface area contributed by atoms with Crippen LogP contribution in [0.25, 0.3) is 0 Å². The van der Waals surface area contributed by atoms with Gasteiger partial charge in [-0.15, -0.1) is 0 Å². The average molecular weight is 287 g/mol. The number of nitrogens with one attached hydrogen (secondary N) is 1. The predicted molar refractivity (Wildman–Crippen MR) is 81.6 cm³/mol. The second-order valence-electron chi connectivity index (χ2n) is 5.37. The molecule has 112 valence electrons. The summed E-state index contributed by atoms with van der Waals surface area (Å²) < 4.78 is 1.75. The van der Waals surface area contributed by atoms with Crippen LogP contribution in [0.3, 0.4) is 0 Å². The summed E-state index contributed by atoms with van der Waals surface area (Å²) in [4.78, 5) is 16.0. The summed E-state index contributed by atoms with van der Waals surface area (Å²) >= 11 is 0. The lowest BCUT2D eigenvalue weighted by Crippen LogP contribution is -2.33. The quantitative estimate of drug-likeness (QED) is 0.843. The van der Waals surface area contributed by atoms with E-state index in [4.69, 9.17) is 5.73 Å². The van der Waals surface area contributed by atoms with Crippen LogP contribution in [0.4, 0.5) is 5.69 Å². The SMILES string of the molecule is CC(C)C(CN)C(=O)Nc1ccc(Cn2cncn2)cc1. The third-order valence-corrected chi connectivity index (χ3v) is 3.43. The van der Waals surface area contributed by atoms with E-state index in [1.807, 2.05) is 38.1 Å². The molecule has 6 nitrogen and oxygen atoms in total. The van der Waals surface area contributed by atoms with Crippen molar-refractivity contribution in [2.24, 2.45) is 17.6 Å². The largest absolute Gasteiger partial charge is 0.330 e. The van der Waals surface area contributed by atoms with Gasteiger partial charge in [0.1, 0.15) is 12.7 Å². The Kier molecular flexibility index (Phi) is 5.05. The maximum atomic E-state index is 12.1. The van der Waals surface area contributed by atoms with E-state index in [-0.39, 0.29) is 17.7 Å². The van der Waals surface area contributed by atoms with Crippen molar-refractivity contribution in [2.75, 3.05) is 11.9 Å².